The van der Waals surface area contributed by atoms with Crippen molar-refractivity contribution in [2.45, 2.75) is 40.3 Å². The molecule has 1 atom stereocenters. The maximum atomic E-state index is 13.3. The van der Waals surface area contributed by atoms with E-state index in [1.807, 2.05) is 57.2 Å². The third-order valence-electron chi connectivity index (χ3n) is 5.90. The predicted octanol–water partition coefficient (Wildman–Crippen LogP) is 4.94. The lowest BCUT2D eigenvalue weighted by Crippen LogP contribution is -2.25. The number of aromatic nitrogens is 3. The van der Waals surface area contributed by atoms with Gasteiger partial charge in [0.05, 0.1) is 30.9 Å². The maximum absolute atomic E-state index is 13.3. The summed E-state index contributed by atoms with van der Waals surface area (Å²) in [6.07, 6.45) is 1.49. The summed E-state index contributed by atoms with van der Waals surface area (Å²) in [7, 11) is 1.67. The number of fused-ring (bicyclic) bond motifs is 1. The SMILES string of the molecule is COCC(C)n1c(C)cc(C(=O)Cn2cnc3sc(-c4ccccc4)c(C)c3c2=O)c1C. The van der Waals surface area contributed by atoms with Gasteiger partial charge in [0.2, 0.25) is 0 Å². The Kier molecular flexibility index (Phi) is 6.13. The minimum Gasteiger partial charge on any atom is -0.383 e. The van der Waals surface area contributed by atoms with Gasteiger partial charge in [-0.2, -0.15) is 0 Å². The van der Waals surface area contributed by atoms with Crippen LogP contribution in [0.2, 0.25) is 0 Å². The van der Waals surface area contributed by atoms with Gasteiger partial charge in [0.15, 0.2) is 5.78 Å². The number of hydrogen-bond donors (Lipinski definition) is 0. The summed E-state index contributed by atoms with van der Waals surface area (Å²) in [5, 5.41) is 0.586. The molecule has 3 heterocycles. The van der Waals surface area contributed by atoms with Crippen LogP contribution in [-0.2, 0) is 11.3 Å². The number of ether oxygens (including phenoxy) is 1. The van der Waals surface area contributed by atoms with Crippen LogP contribution < -0.4 is 5.56 Å². The summed E-state index contributed by atoms with van der Waals surface area (Å²) in [5.41, 5.74) is 4.30. The Balaban J connectivity index is 1.69. The summed E-state index contributed by atoms with van der Waals surface area (Å²) in [5.74, 6) is -0.103. The van der Waals surface area contributed by atoms with Gasteiger partial charge in [-0.05, 0) is 44.9 Å². The van der Waals surface area contributed by atoms with Gasteiger partial charge >= 0.3 is 0 Å². The number of benzene rings is 1. The highest BCUT2D eigenvalue weighted by atomic mass is 32.1. The molecule has 0 bridgehead atoms. The molecule has 32 heavy (non-hydrogen) atoms. The van der Waals surface area contributed by atoms with Crippen molar-refractivity contribution < 1.29 is 9.53 Å². The van der Waals surface area contributed by atoms with Crippen LogP contribution in [-0.4, -0.2) is 33.6 Å². The van der Waals surface area contributed by atoms with Crippen LogP contribution in [0.1, 0.15) is 40.3 Å². The molecule has 6 nitrogen and oxygen atoms in total. The third kappa shape index (κ3) is 3.82. The van der Waals surface area contributed by atoms with E-state index in [1.54, 1.807) is 7.11 Å². The molecule has 0 spiro atoms. The van der Waals surface area contributed by atoms with E-state index in [4.69, 9.17) is 4.74 Å². The highest BCUT2D eigenvalue weighted by Gasteiger charge is 2.21. The zero-order valence-electron chi connectivity index (χ0n) is 19.0. The summed E-state index contributed by atoms with van der Waals surface area (Å²) in [6.45, 7) is 8.44. The molecule has 4 rings (SSSR count). The first-order valence-corrected chi connectivity index (χ1v) is 11.4. The molecule has 166 valence electrons. The minimum atomic E-state index is -0.180. The normalized spacial score (nSPS) is 12.4. The second kappa shape index (κ2) is 8.84. The van der Waals surface area contributed by atoms with Crippen LogP contribution in [0.4, 0.5) is 0 Å². The summed E-state index contributed by atoms with van der Waals surface area (Å²) in [4.78, 5) is 32.6. The number of Topliss-reactive ketones (excluding diaryl/α,β-unsaturated/α-hetero) is 1. The van der Waals surface area contributed by atoms with E-state index in [0.717, 1.165) is 27.4 Å². The fraction of sp³-hybridized carbons (Fsp3) is 0.320. The van der Waals surface area contributed by atoms with Gasteiger partial charge in [-0.3, -0.25) is 14.2 Å². The molecule has 4 aromatic rings. The van der Waals surface area contributed by atoms with Crippen LogP contribution in [0.5, 0.6) is 0 Å². The molecule has 0 amide bonds. The number of rotatable bonds is 7. The van der Waals surface area contributed by atoms with Crippen molar-refractivity contribution in [2.75, 3.05) is 13.7 Å². The van der Waals surface area contributed by atoms with Gasteiger partial charge in [0, 0.05) is 28.9 Å². The van der Waals surface area contributed by atoms with Crippen LogP contribution in [0.25, 0.3) is 20.7 Å². The van der Waals surface area contributed by atoms with Crippen molar-refractivity contribution in [3.05, 3.63) is 75.6 Å². The molecule has 0 aliphatic carbocycles. The molecule has 7 heteroatoms. The Morgan fingerprint density at radius 2 is 1.91 bits per heavy atom. The van der Waals surface area contributed by atoms with Crippen molar-refractivity contribution in [3.63, 3.8) is 0 Å². The fourth-order valence-corrected chi connectivity index (χ4v) is 5.57. The molecular formula is C25H27N3O3S. The highest BCUT2D eigenvalue weighted by Crippen LogP contribution is 2.35. The Bertz CT molecular complexity index is 1350. The first-order valence-electron chi connectivity index (χ1n) is 10.6. The zero-order valence-corrected chi connectivity index (χ0v) is 19.8. The zero-order chi connectivity index (χ0) is 23.0. The fourth-order valence-electron chi connectivity index (χ4n) is 4.43. The molecular weight excluding hydrogens is 422 g/mol. The van der Waals surface area contributed by atoms with Crippen LogP contribution >= 0.6 is 11.3 Å². The first-order chi connectivity index (χ1) is 15.3. The maximum Gasteiger partial charge on any atom is 0.262 e. The molecule has 1 aromatic carbocycles. The summed E-state index contributed by atoms with van der Waals surface area (Å²) in [6, 6.07) is 12.0. The number of ketones is 1. The summed E-state index contributed by atoms with van der Waals surface area (Å²) < 4.78 is 8.80. The molecule has 0 N–H and O–H groups in total. The lowest BCUT2D eigenvalue weighted by molar-refractivity contribution is 0.0969. The number of carbonyl (C=O) groups is 1. The Labute approximate surface area is 191 Å². The number of carbonyl (C=O) groups excluding carboxylic acids is 1. The van der Waals surface area contributed by atoms with E-state index in [2.05, 4.69) is 16.5 Å². The van der Waals surface area contributed by atoms with Gasteiger partial charge in [-0.25, -0.2) is 4.98 Å². The number of aryl methyl sites for hydroxylation is 2. The van der Waals surface area contributed by atoms with Gasteiger partial charge < -0.3 is 9.30 Å². The molecule has 0 saturated heterocycles. The number of hydrogen-bond acceptors (Lipinski definition) is 5. The molecule has 3 aromatic heterocycles. The number of nitrogens with zero attached hydrogens (tertiary/aromatic N) is 3. The molecule has 0 fully saturated rings. The van der Waals surface area contributed by atoms with E-state index in [9.17, 15) is 9.59 Å². The Hall–Kier alpha value is -3.03. The quantitative estimate of drug-likeness (QED) is 0.375. The second-order valence-electron chi connectivity index (χ2n) is 8.16. The van der Waals surface area contributed by atoms with Gasteiger partial charge in [-0.1, -0.05) is 30.3 Å². The van der Waals surface area contributed by atoms with Crippen molar-refractivity contribution in [2.24, 2.45) is 0 Å². The Morgan fingerprint density at radius 3 is 2.59 bits per heavy atom. The molecule has 0 aliphatic rings. The van der Waals surface area contributed by atoms with E-state index in [-0.39, 0.29) is 23.9 Å². The monoisotopic (exact) mass is 449 g/mol. The molecule has 0 radical (unpaired) electrons. The number of methoxy groups -OCH3 is 1. The van der Waals surface area contributed by atoms with Crippen LogP contribution in [0, 0.1) is 20.8 Å². The topological polar surface area (TPSA) is 66.1 Å². The van der Waals surface area contributed by atoms with Crippen molar-refractivity contribution in [1.82, 2.24) is 14.1 Å². The first kappa shape index (κ1) is 22.2. The Morgan fingerprint density at radius 1 is 1.19 bits per heavy atom. The second-order valence-corrected chi connectivity index (χ2v) is 9.16. The average molecular weight is 450 g/mol. The van der Waals surface area contributed by atoms with Gasteiger partial charge in [0.25, 0.3) is 5.56 Å². The van der Waals surface area contributed by atoms with E-state index in [1.165, 1.54) is 22.2 Å². The number of thiophene rings is 1. The average Bonchev–Trinajstić information content (AvgIpc) is 3.27. The van der Waals surface area contributed by atoms with Crippen molar-refractivity contribution in [1.29, 1.82) is 0 Å². The van der Waals surface area contributed by atoms with Gasteiger partial charge in [0.1, 0.15) is 4.83 Å². The largest absolute Gasteiger partial charge is 0.383 e. The third-order valence-corrected chi connectivity index (χ3v) is 7.15. The molecule has 0 aliphatic heterocycles. The van der Waals surface area contributed by atoms with Crippen molar-refractivity contribution >= 4 is 27.3 Å². The predicted molar refractivity (Wildman–Crippen MR) is 129 cm³/mol. The molecule has 1 unspecified atom stereocenters. The lowest BCUT2D eigenvalue weighted by Gasteiger charge is -2.17. The standard InChI is InChI=1S/C25H27N3O3S/c1-15-11-20(18(4)28(15)16(2)13-31-5)21(29)12-27-14-26-24-22(25(27)30)17(3)23(32-24)19-9-7-6-8-10-19/h6-11,14,16H,12-13H2,1-5H3. The highest BCUT2D eigenvalue weighted by molar-refractivity contribution is 7.22. The molecule has 0 saturated carbocycles. The van der Waals surface area contributed by atoms with Crippen LogP contribution in [0.3, 0.4) is 0 Å². The minimum absolute atomic E-state index is 0.0410. The van der Waals surface area contributed by atoms with E-state index < -0.39 is 0 Å². The van der Waals surface area contributed by atoms with Crippen molar-refractivity contribution in [3.8, 4) is 10.4 Å². The lowest BCUT2D eigenvalue weighted by atomic mass is 10.1. The van der Waals surface area contributed by atoms with Crippen LogP contribution in [0.15, 0.2) is 47.5 Å². The van der Waals surface area contributed by atoms with E-state index in [0.29, 0.717) is 22.4 Å². The van der Waals surface area contributed by atoms with E-state index >= 15 is 0 Å². The summed E-state index contributed by atoms with van der Waals surface area (Å²) >= 11 is 1.51. The van der Waals surface area contributed by atoms with Gasteiger partial charge in [-0.15, -0.1) is 11.3 Å². The smallest absolute Gasteiger partial charge is 0.262 e.